The minimum Gasteiger partial charge on any atom is -0.525 e. The van der Waals surface area contributed by atoms with Crippen LogP contribution in [0.1, 0.15) is 41.2 Å². The molecular formula is C27H30NO7ReRfS-. The molecule has 2 unspecified atom stereocenters. The van der Waals surface area contributed by atoms with Gasteiger partial charge in [0.25, 0.3) is 5.24 Å². The summed E-state index contributed by atoms with van der Waals surface area (Å²) in [4.78, 5) is 35.1. The molecule has 2 amide bonds. The zero-order valence-corrected chi connectivity index (χ0v) is 32.1. The Morgan fingerprint density at radius 2 is 1.84 bits per heavy atom. The minimum absolute atomic E-state index is 0. The van der Waals surface area contributed by atoms with Gasteiger partial charge in [-0.25, -0.2) is 0 Å². The molecule has 1 radical (unpaired) electrons. The molecule has 1 saturated heterocycles. The molecule has 0 bridgehead atoms. The van der Waals surface area contributed by atoms with Crippen molar-refractivity contribution in [3.63, 3.8) is 0 Å². The van der Waals surface area contributed by atoms with Crippen LogP contribution in [0.2, 0.25) is 0 Å². The molecule has 4 rings (SSSR count). The zero-order chi connectivity index (χ0) is 26.0. The summed E-state index contributed by atoms with van der Waals surface area (Å²) in [5.74, 6) is 1.27. The van der Waals surface area contributed by atoms with E-state index in [4.69, 9.17) is 18.9 Å². The van der Waals surface area contributed by atoms with Crippen LogP contribution in [0, 0.1) is 27.4 Å². The van der Waals surface area contributed by atoms with E-state index in [2.05, 4.69) is 5.32 Å². The second-order valence-corrected chi connectivity index (χ2v) is 10.5. The standard InChI is InChI=1S/C27H30NO7S.Re.Rf/c1-15-16(2)24-20(17(3)23(15)34-22(29)13-32-5)10-11-27(4,35-24)14-33-19-8-6-18(7-9-19)12-21-25(30)28-26(31)36-21;;/h6-9,13,21H,10-12,14H2,1-5H3,(H,28,30,31);;/q-1;;. The number of ether oxygens (including phenoxy) is 4. The number of nitrogens with one attached hydrogen (secondary N) is 1. The van der Waals surface area contributed by atoms with Crippen molar-refractivity contribution in [2.45, 2.75) is 57.8 Å². The number of carbonyl (C=O) groups is 3. The van der Waals surface area contributed by atoms with Crippen molar-refractivity contribution in [1.29, 1.82) is 0 Å². The molecule has 38 heavy (non-hydrogen) atoms. The van der Waals surface area contributed by atoms with Crippen LogP contribution >= 0.6 is 11.8 Å². The van der Waals surface area contributed by atoms with Crippen LogP contribution in [0.15, 0.2) is 24.3 Å². The number of imide groups is 1. The van der Waals surface area contributed by atoms with E-state index in [0.717, 1.165) is 64.8 Å². The predicted octanol–water partition coefficient (Wildman–Crippen LogP) is 4.38. The Balaban J connectivity index is 0.00000253. The predicted molar refractivity (Wildman–Crippen MR) is 136 cm³/mol. The number of hydrogen-bond acceptors (Lipinski definition) is 8. The molecule has 8 nitrogen and oxygen atoms in total. The van der Waals surface area contributed by atoms with E-state index in [1.807, 2.05) is 52.0 Å². The van der Waals surface area contributed by atoms with E-state index in [1.54, 1.807) is 0 Å². The van der Waals surface area contributed by atoms with E-state index >= 15 is 0 Å². The number of fused-ring (bicyclic) bond motifs is 1. The van der Waals surface area contributed by atoms with Gasteiger partial charge in [0.05, 0.1) is 5.25 Å². The monoisotopic (exact) mass is 966 g/mol. The molecule has 1 N–H and O–H groups in total. The molecule has 0 aromatic heterocycles. The van der Waals surface area contributed by atoms with Gasteiger partial charge < -0.3 is 18.9 Å². The van der Waals surface area contributed by atoms with Crippen LogP contribution in [0.3, 0.4) is 0 Å². The van der Waals surface area contributed by atoms with Crippen LogP contribution in [0.5, 0.6) is 17.2 Å². The van der Waals surface area contributed by atoms with Crippen molar-refractivity contribution in [3.05, 3.63) is 58.7 Å². The zero-order valence-electron chi connectivity index (χ0n) is 22.1. The molecule has 2 aliphatic heterocycles. The number of benzene rings is 2. The molecule has 0 spiro atoms. The van der Waals surface area contributed by atoms with Crippen molar-refractivity contribution >= 4 is 28.9 Å². The minimum atomic E-state index is -0.553. The van der Waals surface area contributed by atoms with Crippen molar-refractivity contribution < 1.29 is 53.8 Å². The van der Waals surface area contributed by atoms with Gasteiger partial charge in [0, 0.05) is 33.1 Å². The van der Waals surface area contributed by atoms with Crippen molar-refractivity contribution in [2.24, 2.45) is 0 Å². The Labute approximate surface area is 234 Å². The Morgan fingerprint density at radius 1 is 1.16 bits per heavy atom. The summed E-state index contributed by atoms with van der Waals surface area (Å²) in [7, 11) is 1.41. The first-order valence-electron chi connectivity index (χ1n) is 11.7. The molecule has 2 aromatic rings. The van der Waals surface area contributed by atoms with Gasteiger partial charge in [-0.15, -0.1) is 0 Å². The van der Waals surface area contributed by atoms with Gasteiger partial charge in [-0.2, -0.15) is 6.61 Å². The Morgan fingerprint density at radius 3 is 2.45 bits per heavy atom. The Hall–Kier alpha value is -3.51. The summed E-state index contributed by atoms with van der Waals surface area (Å²) >= 11 is 1.03. The van der Waals surface area contributed by atoms with E-state index in [0.29, 0.717) is 24.5 Å². The van der Waals surface area contributed by atoms with Crippen LogP contribution in [0.25, 0.3) is 0 Å². The van der Waals surface area contributed by atoms with E-state index < -0.39 is 16.8 Å². The first kappa shape index (κ1) is 30.7. The fourth-order valence-electron chi connectivity index (χ4n) is 4.46. The quantitative estimate of drug-likeness (QED) is 0.237. The maximum atomic E-state index is 12.0. The molecule has 2 atom stereocenters. The maximum Gasteiger partial charge on any atom is 0.286 e. The van der Waals surface area contributed by atoms with E-state index in [9.17, 15) is 14.4 Å². The third-order valence-corrected chi connectivity index (χ3v) is 7.62. The SMILES string of the molecule is CO[CH-]C(=O)Oc1c(C)c(C)c2c(c1C)CCC(C)(COc1ccc(CC3SC(=O)NC3=O)cc1)O2.[Re].[Rf]. The largest absolute Gasteiger partial charge is 0.525 e. The summed E-state index contributed by atoms with van der Waals surface area (Å²) in [6, 6.07) is 7.55. The number of methoxy groups -OCH3 is 1. The molecule has 2 aromatic carbocycles. The first-order valence-corrected chi connectivity index (χ1v) is 12.6. The average molecular weight is 966 g/mol. The van der Waals surface area contributed by atoms with Crippen molar-refractivity contribution in [1.82, 2.24) is 5.32 Å². The van der Waals surface area contributed by atoms with Crippen molar-refractivity contribution in [2.75, 3.05) is 13.7 Å². The van der Waals surface area contributed by atoms with Gasteiger partial charge in [-0.3, -0.25) is 19.7 Å². The third-order valence-electron chi connectivity index (χ3n) is 6.64. The molecule has 0 saturated carbocycles. The van der Waals surface area contributed by atoms with E-state index in [1.165, 1.54) is 7.11 Å². The van der Waals surface area contributed by atoms with Gasteiger partial charge in [0.2, 0.25) is 5.91 Å². The Kier molecular flexibility index (Phi) is 9.99. The molecule has 2 aliphatic rings. The first-order chi connectivity index (χ1) is 17.1. The van der Waals surface area contributed by atoms with Gasteiger partial charge in [-0.05, 0) is 81.3 Å². The van der Waals surface area contributed by atoms with Gasteiger partial charge >= 0.3 is 0 Å². The van der Waals surface area contributed by atoms with Crippen LogP contribution in [0.4, 0.5) is 4.79 Å². The average Bonchev–Trinajstić information content (AvgIpc) is 3.16. The number of carbonyl (C=O) groups excluding carboxylic acids is 3. The van der Waals surface area contributed by atoms with Crippen molar-refractivity contribution in [3.8, 4) is 17.2 Å². The van der Waals surface area contributed by atoms with Gasteiger partial charge in [0.15, 0.2) is 5.97 Å². The second-order valence-electron chi connectivity index (χ2n) is 9.36. The molecule has 1 fully saturated rings. The van der Waals surface area contributed by atoms with Crippen LogP contribution in [-0.2, 0) is 47.6 Å². The summed E-state index contributed by atoms with van der Waals surface area (Å²) < 4.78 is 22.9. The molecule has 0 aliphatic carbocycles. The van der Waals surface area contributed by atoms with Gasteiger partial charge in [0.1, 0.15) is 29.5 Å². The molecule has 2 heterocycles. The molecule has 201 valence electrons. The van der Waals surface area contributed by atoms with Crippen LogP contribution in [-0.4, -0.2) is 41.7 Å². The summed E-state index contributed by atoms with van der Waals surface area (Å²) in [5, 5.41) is 1.62. The number of thioether (sulfide) groups is 1. The maximum absolute atomic E-state index is 12.0. The summed E-state index contributed by atoms with van der Waals surface area (Å²) in [6.07, 6.45) is 1.99. The van der Waals surface area contributed by atoms with Gasteiger partial charge in [-0.1, -0.05) is 23.9 Å². The molecule has 11 heteroatoms. The van der Waals surface area contributed by atoms with E-state index in [-0.39, 0.29) is 31.6 Å². The fraction of sp³-hybridized carbons (Fsp3) is 0.407. The number of hydrogen-bond donors (Lipinski definition) is 1. The fourth-order valence-corrected chi connectivity index (χ4v) is 5.32. The third kappa shape index (κ3) is 6.48. The Bertz CT molecular complexity index is 1210. The smallest absolute Gasteiger partial charge is 0.286 e. The summed E-state index contributed by atoms with van der Waals surface area (Å²) in [6.45, 7) is 9.24. The number of amides is 2. The number of rotatable bonds is 8. The normalized spacial score (nSPS) is 19.8. The topological polar surface area (TPSA) is 100 Å². The van der Waals surface area contributed by atoms with Crippen LogP contribution < -0.4 is 19.5 Å². The second kappa shape index (κ2) is 12.4. The summed E-state index contributed by atoms with van der Waals surface area (Å²) in [5.41, 5.74) is 4.13. The number of esters is 1. The molecular weight excluding hydrogens is 936 g/mol.